The maximum absolute atomic E-state index is 13.0. The van der Waals surface area contributed by atoms with Crippen molar-refractivity contribution in [3.63, 3.8) is 0 Å². The van der Waals surface area contributed by atoms with Gasteiger partial charge in [0.25, 0.3) is 0 Å². The first-order valence-corrected chi connectivity index (χ1v) is 10.8. The van der Waals surface area contributed by atoms with E-state index in [1.165, 1.54) is 12.8 Å². The molecule has 0 bridgehead atoms. The van der Waals surface area contributed by atoms with Crippen LogP contribution in [0, 0.1) is 11.8 Å². The lowest BCUT2D eigenvalue weighted by Crippen LogP contribution is -2.35. The molecule has 0 aromatic rings. The molecule has 0 atom stereocenters. The third-order valence-electron chi connectivity index (χ3n) is 5.29. The maximum atomic E-state index is 13.0. The Morgan fingerprint density at radius 1 is 0.900 bits per heavy atom. The van der Waals surface area contributed by atoms with E-state index < -0.39 is 30.5 Å². The lowest BCUT2D eigenvalue weighted by atomic mass is 9.84. The number of unbranched alkanes of at least 4 members (excludes halogenated alkanes) is 1. The van der Waals surface area contributed by atoms with E-state index in [0.29, 0.717) is 38.0 Å². The Kier molecular flexibility index (Phi) is 11.5. The van der Waals surface area contributed by atoms with Crippen LogP contribution in [-0.4, -0.2) is 43.7 Å². The Morgan fingerprint density at radius 2 is 1.43 bits per heavy atom. The molecule has 1 aliphatic carbocycles. The first kappa shape index (κ1) is 27.1. The third-order valence-corrected chi connectivity index (χ3v) is 5.29. The average Bonchev–Trinajstić information content (AvgIpc) is 2.67. The molecule has 0 aromatic heterocycles. The second-order valence-electron chi connectivity index (χ2n) is 8.36. The minimum absolute atomic E-state index is 0.244. The molecule has 0 amide bonds. The summed E-state index contributed by atoms with van der Waals surface area (Å²) in [5.41, 5.74) is 0. The fourth-order valence-electron chi connectivity index (χ4n) is 3.50. The molecule has 178 valence electrons. The molecule has 0 aromatic carbocycles. The van der Waals surface area contributed by atoms with E-state index in [1.54, 1.807) is 0 Å². The zero-order valence-corrected chi connectivity index (χ0v) is 18.1. The molecule has 2 rings (SSSR count). The molecule has 4 nitrogen and oxygen atoms in total. The van der Waals surface area contributed by atoms with Gasteiger partial charge in [0.1, 0.15) is 6.10 Å². The summed E-state index contributed by atoms with van der Waals surface area (Å²) < 4.78 is 77.9. The van der Waals surface area contributed by atoms with Gasteiger partial charge in [0.15, 0.2) is 6.29 Å². The number of halogens is 5. The molecule has 2 fully saturated rings. The van der Waals surface area contributed by atoms with Crippen molar-refractivity contribution in [2.45, 2.75) is 103 Å². The summed E-state index contributed by atoms with van der Waals surface area (Å²) in [6, 6.07) is 0. The fourth-order valence-corrected chi connectivity index (χ4v) is 3.50. The molecule has 0 unspecified atom stereocenters. The van der Waals surface area contributed by atoms with Gasteiger partial charge in [0.2, 0.25) is 5.92 Å². The molecule has 0 radical (unpaired) electrons. The van der Waals surface area contributed by atoms with Crippen molar-refractivity contribution in [2.24, 2.45) is 11.8 Å². The van der Waals surface area contributed by atoms with E-state index in [9.17, 15) is 26.7 Å². The Labute approximate surface area is 175 Å². The Bertz CT molecular complexity index is 475. The van der Waals surface area contributed by atoms with Crippen LogP contribution in [0.15, 0.2) is 0 Å². The predicted molar refractivity (Wildman–Crippen MR) is 102 cm³/mol. The smallest absolute Gasteiger partial charge is 0.456 e. The zero-order chi connectivity index (χ0) is 22.8. The van der Waals surface area contributed by atoms with Gasteiger partial charge in [-0.15, -0.1) is 0 Å². The highest BCUT2D eigenvalue weighted by molar-refractivity contribution is 5.75. The minimum Gasteiger partial charge on any atom is -0.456 e. The second kappa shape index (κ2) is 12.8. The maximum Gasteiger partial charge on any atom is 0.490 e. The summed E-state index contributed by atoms with van der Waals surface area (Å²) in [6.45, 7) is 5.73. The number of carbonyl (C=O) groups is 1. The Hall–Kier alpha value is -0.960. The fraction of sp³-hybridized carbons (Fsp3) is 0.952. The van der Waals surface area contributed by atoms with Crippen LogP contribution in [-0.2, 0) is 19.0 Å². The van der Waals surface area contributed by atoms with E-state index >= 15 is 0 Å². The van der Waals surface area contributed by atoms with E-state index in [-0.39, 0.29) is 25.6 Å². The number of rotatable bonds is 7. The molecule has 1 saturated carbocycles. The second-order valence-corrected chi connectivity index (χ2v) is 8.36. The quantitative estimate of drug-likeness (QED) is 0.341. The van der Waals surface area contributed by atoms with Crippen LogP contribution in [0.1, 0.15) is 78.6 Å². The minimum atomic E-state index is -4.95. The van der Waals surface area contributed by atoms with Gasteiger partial charge in [0, 0.05) is 12.3 Å². The SMILES string of the molecule is CC(F)(F)CC1COC(CCC2CCC(OC(=O)C(F)(F)F)CC2)OC1.CCCC. The topological polar surface area (TPSA) is 44.8 Å². The van der Waals surface area contributed by atoms with E-state index in [0.717, 1.165) is 13.3 Å². The molecule has 1 saturated heterocycles. The summed E-state index contributed by atoms with van der Waals surface area (Å²) in [7, 11) is 0. The van der Waals surface area contributed by atoms with Gasteiger partial charge in [-0.1, -0.05) is 26.7 Å². The molecular formula is C21H35F5O4. The van der Waals surface area contributed by atoms with Gasteiger partial charge in [-0.25, -0.2) is 13.6 Å². The van der Waals surface area contributed by atoms with Gasteiger partial charge >= 0.3 is 12.1 Å². The number of esters is 1. The molecule has 2 aliphatic rings. The van der Waals surface area contributed by atoms with Crippen LogP contribution < -0.4 is 0 Å². The number of hydrogen-bond acceptors (Lipinski definition) is 4. The average molecular weight is 446 g/mol. The first-order valence-electron chi connectivity index (χ1n) is 10.8. The summed E-state index contributed by atoms with van der Waals surface area (Å²) in [5.74, 6) is -4.87. The number of ether oxygens (including phenoxy) is 3. The van der Waals surface area contributed by atoms with Gasteiger partial charge in [0.05, 0.1) is 13.2 Å². The lowest BCUT2D eigenvalue weighted by Gasteiger charge is -2.32. The third kappa shape index (κ3) is 11.4. The number of alkyl halides is 5. The monoisotopic (exact) mass is 446 g/mol. The molecular weight excluding hydrogens is 411 g/mol. The van der Waals surface area contributed by atoms with Gasteiger partial charge in [-0.05, 0) is 51.4 Å². The van der Waals surface area contributed by atoms with Gasteiger partial charge in [-0.3, -0.25) is 0 Å². The van der Waals surface area contributed by atoms with Crippen molar-refractivity contribution < 1.29 is 41.0 Å². The first-order chi connectivity index (χ1) is 13.9. The molecule has 1 heterocycles. The van der Waals surface area contributed by atoms with Crippen LogP contribution in [0.25, 0.3) is 0 Å². The highest BCUT2D eigenvalue weighted by Crippen LogP contribution is 2.32. The molecule has 30 heavy (non-hydrogen) atoms. The molecule has 0 spiro atoms. The lowest BCUT2D eigenvalue weighted by molar-refractivity contribution is -0.213. The van der Waals surface area contributed by atoms with E-state index in [4.69, 9.17) is 9.47 Å². The highest BCUT2D eigenvalue weighted by Gasteiger charge is 2.42. The van der Waals surface area contributed by atoms with Gasteiger partial charge < -0.3 is 14.2 Å². The Balaban J connectivity index is 0.00000103. The van der Waals surface area contributed by atoms with Crippen molar-refractivity contribution in [3.05, 3.63) is 0 Å². The number of hydrogen-bond donors (Lipinski definition) is 0. The van der Waals surface area contributed by atoms with Crippen LogP contribution in [0.4, 0.5) is 22.0 Å². The largest absolute Gasteiger partial charge is 0.490 e. The van der Waals surface area contributed by atoms with Crippen LogP contribution in [0.3, 0.4) is 0 Å². The van der Waals surface area contributed by atoms with Crippen molar-refractivity contribution >= 4 is 5.97 Å². The molecule has 1 aliphatic heterocycles. The zero-order valence-electron chi connectivity index (χ0n) is 18.1. The van der Waals surface area contributed by atoms with Gasteiger partial charge in [-0.2, -0.15) is 13.2 Å². The number of carbonyl (C=O) groups excluding carboxylic acids is 1. The van der Waals surface area contributed by atoms with Crippen molar-refractivity contribution in [1.82, 2.24) is 0 Å². The summed E-state index contributed by atoms with van der Waals surface area (Å²) in [5, 5.41) is 0. The summed E-state index contributed by atoms with van der Waals surface area (Å²) >= 11 is 0. The van der Waals surface area contributed by atoms with Crippen LogP contribution >= 0.6 is 0 Å². The molecule has 0 N–H and O–H groups in total. The highest BCUT2D eigenvalue weighted by atomic mass is 19.4. The van der Waals surface area contributed by atoms with E-state index in [1.807, 2.05) is 0 Å². The van der Waals surface area contributed by atoms with Crippen LogP contribution in [0.5, 0.6) is 0 Å². The van der Waals surface area contributed by atoms with Crippen molar-refractivity contribution in [2.75, 3.05) is 13.2 Å². The summed E-state index contributed by atoms with van der Waals surface area (Å²) in [6.07, 6.45) is -0.116. The standard InChI is InChI=1S/C17H25F5O4.C4H10/c1-16(18,19)8-12-9-24-14(25-10-12)7-4-11-2-5-13(6-3-11)26-15(23)17(20,21)22;1-3-4-2/h11-14H,2-10H2,1H3;3-4H2,1-2H3. The van der Waals surface area contributed by atoms with E-state index in [2.05, 4.69) is 18.6 Å². The van der Waals surface area contributed by atoms with Crippen molar-refractivity contribution in [3.8, 4) is 0 Å². The Morgan fingerprint density at radius 3 is 1.87 bits per heavy atom. The molecule has 9 heteroatoms. The van der Waals surface area contributed by atoms with Crippen LogP contribution in [0.2, 0.25) is 0 Å². The van der Waals surface area contributed by atoms with Crippen molar-refractivity contribution in [1.29, 1.82) is 0 Å². The summed E-state index contributed by atoms with van der Waals surface area (Å²) in [4.78, 5) is 10.8. The normalized spacial score (nSPS) is 27.7. The predicted octanol–water partition coefficient (Wildman–Crippen LogP) is 6.27.